The molecule has 180 valence electrons. The Bertz CT molecular complexity index is 1090. The van der Waals surface area contributed by atoms with Gasteiger partial charge in [0.25, 0.3) is 0 Å². The van der Waals surface area contributed by atoms with Crippen molar-refractivity contribution >= 4 is 17.6 Å². The summed E-state index contributed by atoms with van der Waals surface area (Å²) in [5.74, 6) is 0.0493. The first-order chi connectivity index (χ1) is 16.1. The highest BCUT2D eigenvalue weighted by atomic mass is 16.5. The van der Waals surface area contributed by atoms with Crippen LogP contribution in [-0.2, 0) is 26.3 Å². The van der Waals surface area contributed by atoms with Crippen molar-refractivity contribution in [2.75, 3.05) is 18.5 Å². The van der Waals surface area contributed by atoms with Crippen molar-refractivity contribution in [2.24, 2.45) is 0 Å². The van der Waals surface area contributed by atoms with Crippen LogP contribution in [0.15, 0.2) is 66.7 Å². The lowest BCUT2D eigenvalue weighted by Gasteiger charge is -2.26. The van der Waals surface area contributed by atoms with Crippen LogP contribution in [0.4, 0.5) is 5.82 Å². The molecule has 1 N–H and O–H groups in total. The lowest BCUT2D eigenvalue weighted by atomic mass is 9.92. The van der Waals surface area contributed by atoms with E-state index in [0.717, 1.165) is 16.9 Å². The summed E-state index contributed by atoms with van der Waals surface area (Å²) in [6, 6.07) is 21.1. The van der Waals surface area contributed by atoms with Crippen molar-refractivity contribution < 1.29 is 14.3 Å². The summed E-state index contributed by atoms with van der Waals surface area (Å²) in [5, 5.41) is 7.68. The molecule has 0 saturated heterocycles. The molecule has 1 aromatic heterocycles. The van der Waals surface area contributed by atoms with Gasteiger partial charge in [-0.25, -0.2) is 4.68 Å². The monoisotopic (exact) mass is 462 g/mol. The van der Waals surface area contributed by atoms with Gasteiger partial charge in [0.1, 0.15) is 19.0 Å². The van der Waals surface area contributed by atoms with Gasteiger partial charge in [0.05, 0.1) is 18.0 Å². The van der Waals surface area contributed by atoms with Crippen LogP contribution in [0.3, 0.4) is 0 Å². The van der Waals surface area contributed by atoms with Crippen LogP contribution >= 0.6 is 0 Å². The molecule has 0 atom stereocenters. The van der Waals surface area contributed by atoms with E-state index in [-0.39, 0.29) is 36.4 Å². The number of carbonyl (C=O) groups is 2. The zero-order chi connectivity index (χ0) is 24.7. The van der Waals surface area contributed by atoms with Crippen molar-refractivity contribution in [2.45, 2.75) is 52.7 Å². The molecular weight excluding hydrogens is 428 g/mol. The number of rotatable bonds is 9. The Hall–Kier alpha value is -3.45. The van der Waals surface area contributed by atoms with Gasteiger partial charge in [-0.1, -0.05) is 69.3 Å². The molecule has 0 aliphatic carbocycles. The Balaban J connectivity index is 1.68. The maximum Gasteiger partial charge on any atom is 0.249 e. The summed E-state index contributed by atoms with van der Waals surface area (Å²) in [7, 11) is 0. The van der Waals surface area contributed by atoms with Crippen LogP contribution in [-0.4, -0.2) is 45.7 Å². The molecule has 3 aromatic rings. The molecule has 2 amide bonds. The van der Waals surface area contributed by atoms with E-state index in [9.17, 15) is 9.59 Å². The number of carbonyl (C=O) groups excluding carboxylic acids is 2. The van der Waals surface area contributed by atoms with Crippen molar-refractivity contribution in [3.05, 3.63) is 78.0 Å². The summed E-state index contributed by atoms with van der Waals surface area (Å²) in [4.78, 5) is 27.3. The Morgan fingerprint density at radius 2 is 1.65 bits per heavy atom. The first-order valence-corrected chi connectivity index (χ1v) is 11.5. The number of benzene rings is 2. The van der Waals surface area contributed by atoms with E-state index in [0.29, 0.717) is 12.4 Å². The smallest absolute Gasteiger partial charge is 0.249 e. The van der Waals surface area contributed by atoms with Gasteiger partial charge >= 0.3 is 0 Å². The maximum absolute atomic E-state index is 13.0. The molecule has 1 heterocycles. The minimum atomic E-state index is -0.289. The fourth-order valence-corrected chi connectivity index (χ4v) is 3.41. The highest BCUT2D eigenvalue weighted by Crippen LogP contribution is 2.26. The molecule has 0 bridgehead atoms. The first kappa shape index (κ1) is 25.2. The quantitative estimate of drug-likeness (QED) is 0.506. The molecule has 7 nitrogen and oxygen atoms in total. The fourth-order valence-electron chi connectivity index (χ4n) is 3.41. The van der Waals surface area contributed by atoms with Crippen LogP contribution in [0, 0.1) is 0 Å². The van der Waals surface area contributed by atoms with Crippen LogP contribution in [0.2, 0.25) is 0 Å². The normalized spacial score (nSPS) is 11.5. The Labute approximate surface area is 201 Å². The average molecular weight is 463 g/mol. The lowest BCUT2D eigenvalue weighted by Crippen LogP contribution is -2.44. The number of nitrogens with one attached hydrogen (secondary N) is 1. The molecule has 0 aliphatic rings. The van der Waals surface area contributed by atoms with Gasteiger partial charge in [0.15, 0.2) is 0 Å². The average Bonchev–Trinajstić information content (AvgIpc) is 3.23. The lowest BCUT2D eigenvalue weighted by molar-refractivity contribution is -0.141. The molecule has 0 radical (unpaired) electrons. The standard InChI is InChI=1S/C27H34N4O3/c1-20(2)30(26(33)19-34-18-21-12-8-6-9-13-21)17-25(32)28-24-16-23(27(3,4)5)29-31(24)22-14-10-7-11-15-22/h6-16,20H,17-19H2,1-5H3,(H,28,32). The third-order valence-electron chi connectivity index (χ3n) is 5.34. The third-order valence-corrected chi connectivity index (χ3v) is 5.34. The van der Waals surface area contributed by atoms with E-state index in [4.69, 9.17) is 9.84 Å². The number of hydrogen-bond acceptors (Lipinski definition) is 4. The molecule has 7 heteroatoms. The van der Waals surface area contributed by atoms with Crippen LogP contribution in [0.25, 0.3) is 5.69 Å². The number of nitrogens with zero attached hydrogens (tertiary/aromatic N) is 3. The molecule has 0 fully saturated rings. The highest BCUT2D eigenvalue weighted by Gasteiger charge is 2.24. The van der Waals surface area contributed by atoms with E-state index in [1.807, 2.05) is 80.6 Å². The molecular formula is C27H34N4O3. The summed E-state index contributed by atoms with van der Waals surface area (Å²) in [6.07, 6.45) is 0. The van der Waals surface area contributed by atoms with Crippen molar-refractivity contribution in [3.8, 4) is 5.69 Å². The summed E-state index contributed by atoms with van der Waals surface area (Å²) < 4.78 is 7.32. The summed E-state index contributed by atoms with van der Waals surface area (Å²) in [5.41, 5.74) is 2.51. The van der Waals surface area contributed by atoms with E-state index in [1.54, 1.807) is 4.68 Å². The van der Waals surface area contributed by atoms with Gasteiger partial charge in [-0.05, 0) is 31.5 Å². The van der Waals surface area contributed by atoms with Crippen LogP contribution in [0.1, 0.15) is 45.9 Å². The van der Waals surface area contributed by atoms with Gasteiger partial charge in [0, 0.05) is 17.5 Å². The van der Waals surface area contributed by atoms with Gasteiger partial charge < -0.3 is 15.0 Å². The highest BCUT2D eigenvalue weighted by molar-refractivity contribution is 5.94. The van der Waals surface area contributed by atoms with E-state index < -0.39 is 0 Å². The minimum absolute atomic E-state index is 0.0734. The third kappa shape index (κ3) is 6.78. The number of amides is 2. The van der Waals surface area contributed by atoms with Crippen molar-refractivity contribution in [3.63, 3.8) is 0 Å². The maximum atomic E-state index is 13.0. The van der Waals surface area contributed by atoms with Crippen molar-refractivity contribution in [1.82, 2.24) is 14.7 Å². The molecule has 0 aliphatic heterocycles. The molecule has 0 unspecified atom stereocenters. The number of para-hydroxylation sites is 1. The molecule has 0 spiro atoms. The molecule has 0 saturated carbocycles. The first-order valence-electron chi connectivity index (χ1n) is 11.5. The Morgan fingerprint density at radius 1 is 1.03 bits per heavy atom. The zero-order valence-electron chi connectivity index (χ0n) is 20.6. The van der Waals surface area contributed by atoms with Crippen molar-refractivity contribution in [1.29, 1.82) is 0 Å². The fraction of sp³-hybridized carbons (Fsp3) is 0.370. The predicted molar refractivity (Wildman–Crippen MR) is 134 cm³/mol. The second-order valence-corrected chi connectivity index (χ2v) is 9.55. The summed E-state index contributed by atoms with van der Waals surface area (Å²) in [6.45, 7) is 10.2. The summed E-state index contributed by atoms with van der Waals surface area (Å²) >= 11 is 0. The zero-order valence-corrected chi connectivity index (χ0v) is 20.6. The van der Waals surface area contributed by atoms with Gasteiger partial charge in [-0.2, -0.15) is 5.10 Å². The Morgan fingerprint density at radius 3 is 2.24 bits per heavy atom. The van der Waals surface area contributed by atoms with Crippen LogP contribution in [0.5, 0.6) is 0 Å². The van der Waals surface area contributed by atoms with E-state index >= 15 is 0 Å². The number of hydrogen-bond donors (Lipinski definition) is 1. The molecule has 2 aromatic carbocycles. The topological polar surface area (TPSA) is 76.5 Å². The van der Waals surface area contributed by atoms with Gasteiger partial charge in [-0.15, -0.1) is 0 Å². The van der Waals surface area contributed by atoms with E-state index in [2.05, 4.69) is 26.1 Å². The molecule has 3 rings (SSSR count). The number of anilines is 1. The number of ether oxygens (including phenoxy) is 1. The molecule has 34 heavy (non-hydrogen) atoms. The second-order valence-electron chi connectivity index (χ2n) is 9.55. The number of aromatic nitrogens is 2. The van der Waals surface area contributed by atoms with E-state index in [1.165, 1.54) is 4.90 Å². The second kappa shape index (κ2) is 11.1. The van der Waals surface area contributed by atoms with Gasteiger partial charge in [-0.3, -0.25) is 9.59 Å². The minimum Gasteiger partial charge on any atom is -0.367 e. The SMILES string of the molecule is CC(C)N(CC(=O)Nc1cc(C(C)(C)C)nn1-c1ccccc1)C(=O)COCc1ccccc1. The van der Waals surface area contributed by atoms with Gasteiger partial charge in [0.2, 0.25) is 11.8 Å². The van der Waals surface area contributed by atoms with Crippen LogP contribution < -0.4 is 5.32 Å². The Kier molecular flexibility index (Phi) is 8.23. The predicted octanol–water partition coefficient (Wildman–Crippen LogP) is 4.56. The largest absolute Gasteiger partial charge is 0.367 e.